The average molecular weight is 272 g/mol. The molecule has 0 bridgehead atoms. The van der Waals surface area contributed by atoms with Crippen molar-refractivity contribution in [3.8, 4) is 0 Å². The average Bonchev–Trinajstić information content (AvgIpc) is 2.61. The predicted molar refractivity (Wildman–Crippen MR) is 66.7 cm³/mol. The minimum atomic E-state index is -1.38. The van der Waals surface area contributed by atoms with E-state index in [4.69, 9.17) is 15.6 Å². The molecule has 100 valence electrons. The Kier molecular flexibility index (Phi) is 3.82. The number of nitrogens with zero attached hydrogens (tertiary/aromatic N) is 1. The van der Waals surface area contributed by atoms with Gasteiger partial charge in [-0.05, 0) is 6.42 Å². The highest BCUT2D eigenvalue weighted by Gasteiger charge is 2.53. The molecule has 0 saturated carbocycles. The van der Waals surface area contributed by atoms with E-state index in [2.05, 4.69) is 0 Å². The molecule has 0 aromatic carbocycles. The predicted octanol–water partition coefficient (Wildman–Crippen LogP) is 1.18. The normalized spacial score (nSPS) is 26.1. The molecular weight excluding hydrogens is 256 g/mol. The highest BCUT2D eigenvalue weighted by molar-refractivity contribution is 8.03. The standard InChI is InChI=1S/C11H16N2O4S/c1-2-6-7-5-8(18-4-3-12)10(17-11(15)16)13(7)9(6)14/h6-7H,2-5,12H2,1H3,(H,15,16). The first kappa shape index (κ1) is 13.2. The Labute approximate surface area is 109 Å². The van der Waals surface area contributed by atoms with Crippen LogP contribution < -0.4 is 5.73 Å². The van der Waals surface area contributed by atoms with Crippen molar-refractivity contribution in [2.24, 2.45) is 11.7 Å². The monoisotopic (exact) mass is 272 g/mol. The van der Waals surface area contributed by atoms with Crippen LogP contribution in [0, 0.1) is 5.92 Å². The molecule has 2 rings (SSSR count). The number of β-lactam (4-membered cyclic amide) rings is 1. The summed E-state index contributed by atoms with van der Waals surface area (Å²) in [6.45, 7) is 2.47. The summed E-state index contributed by atoms with van der Waals surface area (Å²) in [5.41, 5.74) is 5.44. The molecule has 2 heterocycles. The molecule has 1 saturated heterocycles. The highest BCUT2D eigenvalue weighted by Crippen LogP contribution is 2.47. The first-order valence-corrected chi connectivity index (χ1v) is 6.88. The lowest BCUT2D eigenvalue weighted by Gasteiger charge is -2.42. The number of ether oxygens (including phenoxy) is 1. The second-order valence-corrected chi connectivity index (χ2v) is 5.42. The number of rotatable bonds is 5. The number of amides is 1. The Morgan fingerprint density at radius 2 is 2.39 bits per heavy atom. The SMILES string of the molecule is CCC1C(=O)N2C(OC(=O)O)=C(SCCN)CC12. The van der Waals surface area contributed by atoms with E-state index >= 15 is 0 Å². The summed E-state index contributed by atoms with van der Waals surface area (Å²) in [7, 11) is 0. The molecule has 18 heavy (non-hydrogen) atoms. The van der Waals surface area contributed by atoms with Crippen molar-refractivity contribution < 1.29 is 19.4 Å². The zero-order valence-electron chi connectivity index (χ0n) is 10.1. The Bertz CT molecular complexity index is 410. The molecule has 2 unspecified atom stereocenters. The van der Waals surface area contributed by atoms with E-state index < -0.39 is 6.16 Å². The summed E-state index contributed by atoms with van der Waals surface area (Å²) in [5.74, 6) is 0.837. The van der Waals surface area contributed by atoms with Crippen LogP contribution in [0.2, 0.25) is 0 Å². The van der Waals surface area contributed by atoms with Gasteiger partial charge in [-0.1, -0.05) is 6.92 Å². The van der Waals surface area contributed by atoms with Crippen molar-refractivity contribution in [1.82, 2.24) is 4.90 Å². The second-order valence-electron chi connectivity index (χ2n) is 4.23. The molecule has 7 heteroatoms. The van der Waals surface area contributed by atoms with Gasteiger partial charge < -0.3 is 15.6 Å². The van der Waals surface area contributed by atoms with E-state index in [0.29, 0.717) is 18.7 Å². The van der Waals surface area contributed by atoms with Crippen LogP contribution in [0.4, 0.5) is 4.79 Å². The molecule has 0 aromatic heterocycles. The molecule has 0 aliphatic carbocycles. The molecule has 0 spiro atoms. The van der Waals surface area contributed by atoms with Gasteiger partial charge in [-0.25, -0.2) is 4.79 Å². The Hall–Kier alpha value is -1.21. The van der Waals surface area contributed by atoms with E-state index in [0.717, 1.165) is 11.3 Å². The van der Waals surface area contributed by atoms with Gasteiger partial charge in [-0.15, -0.1) is 11.8 Å². The Balaban J connectivity index is 2.16. The van der Waals surface area contributed by atoms with Crippen LogP contribution in [0.25, 0.3) is 0 Å². The van der Waals surface area contributed by atoms with Gasteiger partial charge in [0.05, 0.1) is 12.0 Å². The van der Waals surface area contributed by atoms with Crippen LogP contribution in [0.3, 0.4) is 0 Å². The fraction of sp³-hybridized carbons (Fsp3) is 0.636. The van der Waals surface area contributed by atoms with Crippen LogP contribution in [0.1, 0.15) is 19.8 Å². The number of thioether (sulfide) groups is 1. The third-order valence-electron chi connectivity index (χ3n) is 3.22. The minimum absolute atomic E-state index is 0.00614. The van der Waals surface area contributed by atoms with Crippen LogP contribution in [-0.4, -0.2) is 40.4 Å². The molecule has 1 amide bonds. The fourth-order valence-electron chi connectivity index (χ4n) is 2.44. The van der Waals surface area contributed by atoms with Crippen LogP contribution in [-0.2, 0) is 9.53 Å². The lowest BCUT2D eigenvalue weighted by atomic mass is 9.86. The second kappa shape index (κ2) is 5.19. The fourth-order valence-corrected chi connectivity index (χ4v) is 3.35. The number of carbonyl (C=O) groups excluding carboxylic acids is 1. The lowest BCUT2D eigenvalue weighted by Crippen LogP contribution is -2.57. The summed E-state index contributed by atoms with van der Waals surface area (Å²) in [4.78, 5) is 24.8. The lowest BCUT2D eigenvalue weighted by molar-refractivity contribution is -0.154. The summed E-state index contributed by atoms with van der Waals surface area (Å²) in [6, 6.07) is 0.0668. The number of fused-ring (bicyclic) bond motifs is 1. The third kappa shape index (κ3) is 2.08. The number of hydrogen-bond acceptors (Lipinski definition) is 5. The Morgan fingerprint density at radius 3 is 2.94 bits per heavy atom. The van der Waals surface area contributed by atoms with Crippen LogP contribution in [0.5, 0.6) is 0 Å². The van der Waals surface area contributed by atoms with Gasteiger partial charge in [0.2, 0.25) is 11.8 Å². The largest absolute Gasteiger partial charge is 0.512 e. The smallest absolute Gasteiger partial charge is 0.449 e. The maximum absolute atomic E-state index is 11.9. The Morgan fingerprint density at radius 1 is 1.67 bits per heavy atom. The number of carboxylic acid groups (broad SMARTS) is 1. The molecule has 1 fully saturated rings. The van der Waals surface area contributed by atoms with Crippen LogP contribution >= 0.6 is 11.8 Å². The van der Waals surface area contributed by atoms with Crippen LogP contribution in [0.15, 0.2) is 10.8 Å². The topological polar surface area (TPSA) is 92.9 Å². The highest BCUT2D eigenvalue weighted by atomic mass is 32.2. The molecule has 6 nitrogen and oxygen atoms in total. The molecule has 0 radical (unpaired) electrons. The van der Waals surface area contributed by atoms with Crippen molar-refractivity contribution in [2.45, 2.75) is 25.8 Å². The number of carbonyl (C=O) groups is 2. The van der Waals surface area contributed by atoms with Crippen molar-refractivity contribution in [2.75, 3.05) is 12.3 Å². The zero-order valence-corrected chi connectivity index (χ0v) is 10.9. The van der Waals surface area contributed by atoms with Gasteiger partial charge >= 0.3 is 6.16 Å². The third-order valence-corrected chi connectivity index (χ3v) is 4.35. The molecular formula is C11H16N2O4S. The first-order chi connectivity index (χ1) is 8.60. The summed E-state index contributed by atoms with van der Waals surface area (Å²) >= 11 is 1.47. The van der Waals surface area contributed by atoms with Gasteiger partial charge in [0, 0.05) is 23.6 Å². The van der Waals surface area contributed by atoms with Gasteiger partial charge in [0.15, 0.2) is 0 Å². The van der Waals surface area contributed by atoms with Crippen molar-refractivity contribution in [3.05, 3.63) is 10.8 Å². The first-order valence-electron chi connectivity index (χ1n) is 5.90. The molecule has 2 aliphatic heterocycles. The molecule has 2 aliphatic rings. The van der Waals surface area contributed by atoms with Gasteiger partial charge in [-0.2, -0.15) is 0 Å². The number of hydrogen-bond donors (Lipinski definition) is 2. The van der Waals surface area contributed by atoms with Gasteiger partial charge in [-0.3, -0.25) is 9.69 Å². The maximum Gasteiger partial charge on any atom is 0.512 e. The van der Waals surface area contributed by atoms with E-state index in [1.165, 1.54) is 16.7 Å². The van der Waals surface area contributed by atoms with Crippen molar-refractivity contribution in [3.63, 3.8) is 0 Å². The summed E-state index contributed by atoms with van der Waals surface area (Å²) < 4.78 is 4.76. The minimum Gasteiger partial charge on any atom is -0.449 e. The molecule has 2 atom stereocenters. The van der Waals surface area contributed by atoms with Crippen molar-refractivity contribution in [1.29, 1.82) is 0 Å². The zero-order chi connectivity index (χ0) is 13.3. The quantitative estimate of drug-likeness (QED) is 0.576. The van der Waals surface area contributed by atoms with E-state index in [1.807, 2.05) is 6.92 Å². The van der Waals surface area contributed by atoms with E-state index in [1.54, 1.807) is 0 Å². The van der Waals surface area contributed by atoms with Crippen molar-refractivity contribution >= 4 is 23.8 Å². The molecule has 3 N–H and O–H groups in total. The molecule has 0 aromatic rings. The summed E-state index contributed by atoms with van der Waals surface area (Å²) in [6.07, 6.45) is 0.0661. The van der Waals surface area contributed by atoms with Gasteiger partial charge in [0.1, 0.15) is 0 Å². The van der Waals surface area contributed by atoms with Gasteiger partial charge in [0.25, 0.3) is 0 Å². The van der Waals surface area contributed by atoms with E-state index in [9.17, 15) is 9.59 Å². The summed E-state index contributed by atoms with van der Waals surface area (Å²) in [5, 5.41) is 8.73. The van der Waals surface area contributed by atoms with E-state index in [-0.39, 0.29) is 23.8 Å². The number of nitrogens with two attached hydrogens (primary N) is 1. The maximum atomic E-state index is 11.9.